The van der Waals surface area contributed by atoms with Gasteiger partial charge >= 0.3 is 0 Å². The van der Waals surface area contributed by atoms with Crippen LogP contribution >= 0.6 is 11.6 Å². The molecular formula is C23H29ClN2O6S. The van der Waals surface area contributed by atoms with Crippen LogP contribution in [0.25, 0.3) is 0 Å². The van der Waals surface area contributed by atoms with Gasteiger partial charge in [0.25, 0.3) is 5.91 Å². The summed E-state index contributed by atoms with van der Waals surface area (Å²) in [6.45, 7) is 8.16. The van der Waals surface area contributed by atoms with Crippen molar-refractivity contribution in [2.75, 3.05) is 31.6 Å². The van der Waals surface area contributed by atoms with Gasteiger partial charge in [0.2, 0.25) is 10.0 Å². The third kappa shape index (κ3) is 6.38. The van der Waals surface area contributed by atoms with Crippen molar-refractivity contribution in [3.05, 3.63) is 47.5 Å². The average Bonchev–Trinajstić information content (AvgIpc) is 2.76. The van der Waals surface area contributed by atoms with Crippen molar-refractivity contribution >= 4 is 33.2 Å². The van der Waals surface area contributed by atoms with Crippen LogP contribution in [0.2, 0.25) is 5.02 Å². The summed E-state index contributed by atoms with van der Waals surface area (Å²) in [6.07, 6.45) is -0.180. The highest BCUT2D eigenvalue weighted by Crippen LogP contribution is 2.31. The first-order chi connectivity index (χ1) is 15.5. The molecule has 3 rings (SSSR count). The van der Waals surface area contributed by atoms with Gasteiger partial charge in [-0.25, -0.2) is 8.42 Å². The second-order valence-corrected chi connectivity index (χ2v) is 10.7. The predicted octanol–water partition coefficient (Wildman–Crippen LogP) is 3.94. The van der Waals surface area contributed by atoms with Gasteiger partial charge in [0, 0.05) is 18.1 Å². The van der Waals surface area contributed by atoms with Crippen molar-refractivity contribution in [3.63, 3.8) is 0 Å². The summed E-state index contributed by atoms with van der Waals surface area (Å²) in [6, 6.07) is 11.1. The number of rotatable bonds is 8. The number of benzene rings is 2. The van der Waals surface area contributed by atoms with Gasteiger partial charge < -0.3 is 19.5 Å². The summed E-state index contributed by atoms with van der Waals surface area (Å²) >= 11 is 5.91. The second-order valence-electron chi connectivity index (χ2n) is 8.36. The Morgan fingerprint density at radius 3 is 2.36 bits per heavy atom. The Hall–Kier alpha value is -2.33. The Morgan fingerprint density at radius 1 is 1.12 bits per heavy atom. The van der Waals surface area contributed by atoms with Crippen LogP contribution in [-0.4, -0.2) is 56.6 Å². The summed E-state index contributed by atoms with van der Waals surface area (Å²) < 4.78 is 44.5. The van der Waals surface area contributed by atoms with Crippen LogP contribution in [0.15, 0.2) is 47.4 Å². The maximum absolute atomic E-state index is 13.1. The molecule has 10 heteroatoms. The lowest BCUT2D eigenvalue weighted by Crippen LogP contribution is -2.42. The first-order valence-electron chi connectivity index (χ1n) is 10.6. The van der Waals surface area contributed by atoms with Crippen molar-refractivity contribution < 1.29 is 27.4 Å². The van der Waals surface area contributed by atoms with Gasteiger partial charge in [-0.15, -0.1) is 0 Å². The molecule has 33 heavy (non-hydrogen) atoms. The molecular weight excluding hydrogens is 468 g/mol. The zero-order valence-corrected chi connectivity index (χ0v) is 20.7. The second kappa shape index (κ2) is 10.3. The number of halogens is 1. The van der Waals surface area contributed by atoms with Gasteiger partial charge in [-0.2, -0.15) is 4.31 Å². The van der Waals surface area contributed by atoms with Gasteiger partial charge in [0.05, 0.1) is 29.9 Å². The highest BCUT2D eigenvalue weighted by molar-refractivity contribution is 7.89. The molecule has 2 aromatic carbocycles. The largest absolute Gasteiger partial charge is 0.489 e. The fourth-order valence-corrected chi connectivity index (χ4v) is 4.74. The fourth-order valence-electron chi connectivity index (χ4n) is 3.18. The molecule has 2 aromatic rings. The number of sulfonamides is 1. The topological polar surface area (TPSA) is 94.2 Å². The van der Waals surface area contributed by atoms with Crippen molar-refractivity contribution in [1.82, 2.24) is 4.31 Å². The number of amides is 1. The molecule has 0 aromatic heterocycles. The Morgan fingerprint density at radius 2 is 1.76 bits per heavy atom. The lowest BCUT2D eigenvalue weighted by atomic mass is 10.1. The van der Waals surface area contributed by atoms with E-state index in [1.807, 2.05) is 13.8 Å². The minimum absolute atomic E-state index is 0.0623. The number of morpholine rings is 1. The molecule has 0 saturated carbocycles. The summed E-state index contributed by atoms with van der Waals surface area (Å²) in [4.78, 5) is 13.2. The van der Waals surface area contributed by atoms with Crippen LogP contribution in [0.3, 0.4) is 0 Å². The molecule has 0 unspecified atom stereocenters. The number of nitrogens with zero attached hydrogens (tertiary/aromatic N) is 1. The Balaban J connectivity index is 1.88. The number of ether oxygens (including phenoxy) is 3. The molecule has 8 nitrogen and oxygen atoms in total. The number of hydrogen-bond acceptors (Lipinski definition) is 6. The molecule has 0 atom stereocenters. The third-order valence-electron chi connectivity index (χ3n) is 4.90. The van der Waals surface area contributed by atoms with Crippen LogP contribution in [0.5, 0.6) is 11.5 Å². The number of nitrogens with one attached hydrogen (secondary N) is 1. The Bertz CT molecular complexity index is 1080. The molecule has 0 radical (unpaired) electrons. The van der Waals surface area contributed by atoms with Crippen LogP contribution in [0.1, 0.15) is 27.7 Å². The van der Waals surface area contributed by atoms with E-state index in [1.165, 1.54) is 16.4 Å². The van der Waals surface area contributed by atoms with E-state index in [1.54, 1.807) is 44.2 Å². The van der Waals surface area contributed by atoms with Crippen LogP contribution in [0, 0.1) is 0 Å². The minimum atomic E-state index is -3.75. The van der Waals surface area contributed by atoms with Crippen molar-refractivity contribution in [3.8, 4) is 11.5 Å². The summed E-state index contributed by atoms with van der Waals surface area (Å²) in [5.41, 5.74) is -1.02. The number of anilines is 1. The van der Waals surface area contributed by atoms with E-state index in [0.717, 1.165) is 0 Å². The lowest BCUT2D eigenvalue weighted by Gasteiger charge is -2.27. The molecule has 0 bridgehead atoms. The zero-order valence-electron chi connectivity index (χ0n) is 19.1. The minimum Gasteiger partial charge on any atom is -0.489 e. The van der Waals surface area contributed by atoms with Crippen LogP contribution in [0.4, 0.5) is 5.69 Å². The van der Waals surface area contributed by atoms with Gasteiger partial charge in [0.15, 0.2) is 5.60 Å². The lowest BCUT2D eigenvalue weighted by molar-refractivity contribution is -0.128. The first-order valence-corrected chi connectivity index (χ1v) is 12.5. The molecule has 1 saturated heterocycles. The Labute approximate surface area is 199 Å². The fraction of sp³-hybridized carbons (Fsp3) is 0.435. The Kier molecular flexibility index (Phi) is 7.89. The van der Waals surface area contributed by atoms with Crippen molar-refractivity contribution in [2.45, 2.75) is 44.3 Å². The maximum Gasteiger partial charge on any atom is 0.268 e. The number of carbonyl (C=O) groups excluding carboxylic acids is 1. The van der Waals surface area contributed by atoms with E-state index in [0.29, 0.717) is 29.7 Å². The van der Waals surface area contributed by atoms with E-state index in [4.69, 9.17) is 25.8 Å². The monoisotopic (exact) mass is 496 g/mol. The SMILES string of the molecule is CC(C)Oc1ccc(S(=O)(=O)N2CCOCC2)cc1NC(=O)C(C)(C)Oc1ccc(Cl)cc1. The van der Waals surface area contributed by atoms with E-state index in [9.17, 15) is 13.2 Å². The molecule has 1 fully saturated rings. The van der Waals surface area contributed by atoms with E-state index >= 15 is 0 Å². The number of carbonyl (C=O) groups is 1. The molecule has 1 aliphatic rings. The predicted molar refractivity (Wildman–Crippen MR) is 127 cm³/mol. The van der Waals surface area contributed by atoms with Crippen molar-refractivity contribution in [1.29, 1.82) is 0 Å². The molecule has 1 aliphatic heterocycles. The molecule has 180 valence electrons. The van der Waals surface area contributed by atoms with Crippen LogP contribution in [-0.2, 0) is 19.6 Å². The standard InChI is InChI=1S/C23H29ClN2O6S/c1-16(2)31-21-10-9-19(33(28,29)26-11-13-30-14-12-26)15-20(21)25-22(27)23(3,4)32-18-7-5-17(24)6-8-18/h5-10,15-16H,11-14H2,1-4H3,(H,25,27). The van der Waals surface area contributed by atoms with E-state index in [2.05, 4.69) is 5.32 Å². The van der Waals surface area contributed by atoms with E-state index in [-0.39, 0.29) is 29.8 Å². The van der Waals surface area contributed by atoms with Gasteiger partial charge in [-0.05, 0) is 70.2 Å². The average molecular weight is 497 g/mol. The zero-order chi connectivity index (χ0) is 24.2. The van der Waals surface area contributed by atoms with Crippen molar-refractivity contribution in [2.24, 2.45) is 0 Å². The number of hydrogen-bond donors (Lipinski definition) is 1. The summed E-state index contributed by atoms with van der Waals surface area (Å²) in [7, 11) is -3.75. The highest BCUT2D eigenvalue weighted by Gasteiger charge is 2.32. The molecule has 0 aliphatic carbocycles. The summed E-state index contributed by atoms with van der Waals surface area (Å²) in [5.74, 6) is 0.371. The molecule has 0 spiro atoms. The molecule has 1 heterocycles. The highest BCUT2D eigenvalue weighted by atomic mass is 35.5. The summed E-state index contributed by atoms with van der Waals surface area (Å²) in [5, 5.41) is 3.33. The smallest absolute Gasteiger partial charge is 0.268 e. The first kappa shape index (κ1) is 25.3. The molecule has 1 amide bonds. The normalized spacial score (nSPS) is 15.3. The van der Waals surface area contributed by atoms with Gasteiger partial charge in [-0.3, -0.25) is 4.79 Å². The third-order valence-corrected chi connectivity index (χ3v) is 7.05. The molecule has 1 N–H and O–H groups in total. The van der Waals surface area contributed by atoms with Gasteiger partial charge in [-0.1, -0.05) is 11.6 Å². The maximum atomic E-state index is 13.1. The van der Waals surface area contributed by atoms with E-state index < -0.39 is 21.5 Å². The van der Waals surface area contributed by atoms with Crippen LogP contribution < -0.4 is 14.8 Å². The van der Waals surface area contributed by atoms with Gasteiger partial charge in [0.1, 0.15) is 11.5 Å². The quantitative estimate of drug-likeness (QED) is 0.594.